The maximum atomic E-state index is 12.1. The molecule has 0 saturated heterocycles. The van der Waals surface area contributed by atoms with Crippen LogP contribution in [-0.4, -0.2) is 19.0 Å². The molecule has 1 aromatic carbocycles. The summed E-state index contributed by atoms with van der Waals surface area (Å²) in [6, 6.07) is 9.64. The smallest absolute Gasteiger partial charge is 0.251 e. The highest BCUT2D eigenvalue weighted by Gasteiger charge is 2.07. The Morgan fingerprint density at radius 2 is 2.24 bits per heavy atom. The lowest BCUT2D eigenvalue weighted by molar-refractivity contribution is 0.0954. The number of hydrogen-bond acceptors (Lipinski definition) is 3. The van der Waals surface area contributed by atoms with Crippen LogP contribution in [-0.2, 0) is 6.42 Å². The van der Waals surface area contributed by atoms with Crippen molar-refractivity contribution in [3.8, 4) is 11.8 Å². The van der Waals surface area contributed by atoms with Crippen molar-refractivity contribution in [2.45, 2.75) is 13.3 Å². The molecule has 3 N–H and O–H groups in total. The second-order valence-electron chi connectivity index (χ2n) is 4.62. The summed E-state index contributed by atoms with van der Waals surface area (Å²) in [5, 5.41) is 4.98. The first-order chi connectivity index (χ1) is 10.2. The van der Waals surface area contributed by atoms with Gasteiger partial charge >= 0.3 is 0 Å². The highest BCUT2D eigenvalue weighted by molar-refractivity contribution is 7.09. The van der Waals surface area contributed by atoms with Gasteiger partial charge in [0.05, 0.1) is 6.54 Å². The summed E-state index contributed by atoms with van der Waals surface area (Å²) >= 11 is 1.70. The molecule has 0 saturated carbocycles. The predicted octanol–water partition coefficient (Wildman–Crippen LogP) is 2.34. The Morgan fingerprint density at radius 1 is 1.38 bits per heavy atom. The Balaban J connectivity index is 1.98. The highest BCUT2D eigenvalue weighted by Crippen LogP contribution is 2.11. The zero-order valence-electron chi connectivity index (χ0n) is 12.0. The SMILES string of the molecule is Cc1ccc(C(=O)NCCc2cccs2)cc1C#CCN. The fraction of sp³-hybridized carbons (Fsp3) is 0.235. The van der Waals surface area contributed by atoms with Crippen molar-refractivity contribution in [1.82, 2.24) is 5.32 Å². The Morgan fingerprint density at radius 3 is 2.95 bits per heavy atom. The molecule has 0 aliphatic rings. The predicted molar refractivity (Wildman–Crippen MR) is 87.5 cm³/mol. The summed E-state index contributed by atoms with van der Waals surface area (Å²) in [4.78, 5) is 13.4. The lowest BCUT2D eigenvalue weighted by Crippen LogP contribution is -2.25. The van der Waals surface area contributed by atoms with E-state index in [4.69, 9.17) is 5.73 Å². The molecule has 1 amide bonds. The molecule has 1 heterocycles. The molecule has 0 bridgehead atoms. The number of hydrogen-bond donors (Lipinski definition) is 2. The molecular weight excluding hydrogens is 280 g/mol. The van der Waals surface area contributed by atoms with Crippen molar-refractivity contribution in [2.24, 2.45) is 5.73 Å². The van der Waals surface area contributed by atoms with Crippen LogP contribution in [0, 0.1) is 18.8 Å². The van der Waals surface area contributed by atoms with Crippen LogP contribution < -0.4 is 11.1 Å². The van der Waals surface area contributed by atoms with Gasteiger partial charge in [0, 0.05) is 22.5 Å². The molecule has 1 aromatic heterocycles. The van der Waals surface area contributed by atoms with E-state index in [2.05, 4.69) is 23.2 Å². The summed E-state index contributed by atoms with van der Waals surface area (Å²) in [5.41, 5.74) is 7.92. The Kier molecular flexibility index (Phi) is 5.56. The third-order valence-electron chi connectivity index (χ3n) is 3.06. The van der Waals surface area contributed by atoms with Crippen LogP contribution in [0.3, 0.4) is 0 Å². The standard InChI is InChI=1S/C17H18N2OS/c1-13-6-7-15(12-14(13)4-2-9-18)17(20)19-10-8-16-5-3-11-21-16/h3,5-7,11-12H,8-10,18H2,1H3,(H,19,20). The van der Waals surface area contributed by atoms with Gasteiger partial charge in [0.15, 0.2) is 0 Å². The lowest BCUT2D eigenvalue weighted by Gasteiger charge is -2.06. The molecule has 2 aromatic rings. The minimum absolute atomic E-state index is 0.0673. The van der Waals surface area contributed by atoms with E-state index in [1.165, 1.54) is 4.88 Å². The number of amides is 1. The van der Waals surface area contributed by atoms with Gasteiger partial charge in [-0.1, -0.05) is 24.0 Å². The molecule has 4 heteroatoms. The van der Waals surface area contributed by atoms with Crippen LogP contribution in [0.1, 0.15) is 26.4 Å². The van der Waals surface area contributed by atoms with Gasteiger partial charge in [-0.25, -0.2) is 0 Å². The molecule has 3 nitrogen and oxygen atoms in total. The van der Waals surface area contributed by atoms with E-state index in [9.17, 15) is 4.79 Å². The van der Waals surface area contributed by atoms with E-state index < -0.39 is 0 Å². The van der Waals surface area contributed by atoms with E-state index in [0.29, 0.717) is 18.7 Å². The first kappa shape index (κ1) is 15.3. The number of carbonyl (C=O) groups excluding carboxylic acids is 1. The van der Waals surface area contributed by atoms with Crippen molar-refractivity contribution in [3.05, 3.63) is 57.3 Å². The number of thiophene rings is 1. The molecule has 0 unspecified atom stereocenters. The third kappa shape index (κ3) is 4.45. The van der Waals surface area contributed by atoms with E-state index >= 15 is 0 Å². The van der Waals surface area contributed by atoms with E-state index in [1.807, 2.05) is 36.6 Å². The quantitative estimate of drug-likeness (QED) is 0.851. The van der Waals surface area contributed by atoms with Gasteiger partial charge in [-0.15, -0.1) is 11.3 Å². The van der Waals surface area contributed by atoms with Crippen LogP contribution in [0.15, 0.2) is 35.7 Å². The topological polar surface area (TPSA) is 55.1 Å². The Hall–Kier alpha value is -2.09. The number of carbonyl (C=O) groups is 1. The van der Waals surface area contributed by atoms with Crippen molar-refractivity contribution < 1.29 is 4.79 Å². The van der Waals surface area contributed by atoms with Crippen molar-refractivity contribution in [2.75, 3.05) is 13.1 Å². The number of nitrogens with one attached hydrogen (secondary N) is 1. The molecule has 0 spiro atoms. The molecule has 0 aliphatic heterocycles. The maximum Gasteiger partial charge on any atom is 0.251 e. The van der Waals surface area contributed by atoms with Crippen LogP contribution in [0.2, 0.25) is 0 Å². The van der Waals surface area contributed by atoms with E-state index in [0.717, 1.165) is 17.5 Å². The first-order valence-corrected chi connectivity index (χ1v) is 7.69. The van der Waals surface area contributed by atoms with Gasteiger partial charge in [0.25, 0.3) is 5.91 Å². The number of benzene rings is 1. The van der Waals surface area contributed by atoms with E-state index in [-0.39, 0.29) is 5.91 Å². The average molecular weight is 298 g/mol. The van der Waals surface area contributed by atoms with Crippen LogP contribution in [0.4, 0.5) is 0 Å². The number of aryl methyl sites for hydroxylation is 1. The van der Waals surface area contributed by atoms with Crippen LogP contribution in [0.5, 0.6) is 0 Å². The van der Waals surface area contributed by atoms with Gasteiger partial charge in [0.2, 0.25) is 0 Å². The van der Waals surface area contributed by atoms with Gasteiger partial charge in [-0.2, -0.15) is 0 Å². The van der Waals surface area contributed by atoms with Gasteiger partial charge < -0.3 is 11.1 Å². The molecule has 0 atom stereocenters. The molecule has 0 fully saturated rings. The first-order valence-electron chi connectivity index (χ1n) is 6.81. The molecule has 108 valence electrons. The summed E-state index contributed by atoms with van der Waals surface area (Å²) in [6.45, 7) is 2.92. The fourth-order valence-corrected chi connectivity index (χ4v) is 2.61. The zero-order chi connectivity index (χ0) is 15.1. The monoisotopic (exact) mass is 298 g/mol. The van der Waals surface area contributed by atoms with Crippen molar-refractivity contribution >= 4 is 17.2 Å². The molecule has 2 rings (SSSR count). The van der Waals surface area contributed by atoms with Gasteiger partial charge in [-0.05, 0) is 42.5 Å². The molecular formula is C17H18N2OS. The highest BCUT2D eigenvalue weighted by atomic mass is 32.1. The van der Waals surface area contributed by atoms with Crippen molar-refractivity contribution in [3.63, 3.8) is 0 Å². The fourth-order valence-electron chi connectivity index (χ4n) is 1.90. The van der Waals surface area contributed by atoms with Crippen molar-refractivity contribution in [1.29, 1.82) is 0 Å². The molecule has 21 heavy (non-hydrogen) atoms. The second-order valence-corrected chi connectivity index (χ2v) is 5.65. The lowest BCUT2D eigenvalue weighted by atomic mass is 10.0. The Labute approximate surface area is 129 Å². The minimum Gasteiger partial charge on any atom is -0.352 e. The summed E-state index contributed by atoms with van der Waals surface area (Å²) in [6.07, 6.45) is 0.856. The molecule has 0 radical (unpaired) electrons. The van der Waals surface area contributed by atoms with Gasteiger partial charge in [0.1, 0.15) is 0 Å². The average Bonchev–Trinajstić information content (AvgIpc) is 2.99. The third-order valence-corrected chi connectivity index (χ3v) is 4.00. The second kappa shape index (κ2) is 7.63. The largest absolute Gasteiger partial charge is 0.352 e. The maximum absolute atomic E-state index is 12.1. The van der Waals surface area contributed by atoms with Gasteiger partial charge in [-0.3, -0.25) is 4.79 Å². The zero-order valence-corrected chi connectivity index (χ0v) is 12.8. The Bertz CT molecular complexity index is 666. The summed E-state index contributed by atoms with van der Waals surface area (Å²) < 4.78 is 0. The number of rotatable bonds is 4. The minimum atomic E-state index is -0.0673. The van der Waals surface area contributed by atoms with Crippen LogP contribution >= 0.6 is 11.3 Å². The number of nitrogens with two attached hydrogens (primary N) is 1. The van der Waals surface area contributed by atoms with E-state index in [1.54, 1.807) is 11.3 Å². The normalized spacial score (nSPS) is 9.81. The summed E-state index contributed by atoms with van der Waals surface area (Å²) in [7, 11) is 0. The summed E-state index contributed by atoms with van der Waals surface area (Å²) in [5.74, 6) is 5.75. The van der Waals surface area contributed by atoms with Crippen LogP contribution in [0.25, 0.3) is 0 Å². The molecule has 0 aliphatic carbocycles.